The fourth-order valence-corrected chi connectivity index (χ4v) is 2.37. The Morgan fingerprint density at radius 2 is 2.00 bits per heavy atom. The lowest BCUT2D eigenvalue weighted by atomic mass is 10.2. The molecule has 0 unspecified atom stereocenters. The van der Waals surface area contributed by atoms with Crippen molar-refractivity contribution in [2.45, 2.75) is 4.90 Å². The highest BCUT2D eigenvalue weighted by Gasteiger charge is 2.17. The van der Waals surface area contributed by atoms with Crippen molar-refractivity contribution in [3.05, 3.63) is 41.6 Å². The van der Waals surface area contributed by atoms with E-state index in [0.29, 0.717) is 16.3 Å². The van der Waals surface area contributed by atoms with Gasteiger partial charge in [-0.15, -0.1) is 0 Å². The normalized spacial score (nSPS) is 11.6. The molecule has 0 radical (unpaired) electrons. The third kappa shape index (κ3) is 2.11. The molecule has 2 aromatic rings. The second kappa shape index (κ2) is 3.93. The summed E-state index contributed by atoms with van der Waals surface area (Å²) in [7, 11) is -3.83. The van der Waals surface area contributed by atoms with Gasteiger partial charge in [0, 0.05) is 10.6 Å². The first-order chi connectivity index (χ1) is 7.48. The predicted molar refractivity (Wildman–Crippen MR) is 60.5 cm³/mol. The molecule has 0 amide bonds. The number of benzene rings is 1. The molecule has 16 heavy (non-hydrogen) atoms. The molecule has 2 rings (SSSR count). The molecule has 0 saturated carbocycles. The number of hydrogen-bond acceptors (Lipinski definition) is 3. The number of halogens is 1. The Balaban J connectivity index is 2.72. The van der Waals surface area contributed by atoms with Gasteiger partial charge in [0.25, 0.3) is 0 Å². The quantitative estimate of drug-likeness (QED) is 0.897. The molecule has 1 aromatic carbocycles. The largest absolute Gasteiger partial charge is 0.464 e. The summed E-state index contributed by atoms with van der Waals surface area (Å²) in [6.45, 7) is 0. The minimum Gasteiger partial charge on any atom is -0.464 e. The second-order valence-electron chi connectivity index (χ2n) is 3.16. The number of nitrogens with two attached hydrogens (primary N) is 1. The summed E-state index contributed by atoms with van der Waals surface area (Å²) in [6, 6.07) is 7.75. The van der Waals surface area contributed by atoms with E-state index in [-0.39, 0.29) is 4.90 Å². The van der Waals surface area contributed by atoms with E-state index >= 15 is 0 Å². The van der Waals surface area contributed by atoms with Gasteiger partial charge in [-0.2, -0.15) is 0 Å². The smallest absolute Gasteiger partial charge is 0.238 e. The van der Waals surface area contributed by atoms with E-state index in [1.165, 1.54) is 12.3 Å². The summed E-state index contributed by atoms with van der Waals surface area (Å²) in [5.74, 6) is 0.431. The summed E-state index contributed by atoms with van der Waals surface area (Å²) in [5.41, 5.74) is 0.400. The van der Waals surface area contributed by atoms with E-state index in [4.69, 9.17) is 21.2 Å². The highest BCUT2D eigenvalue weighted by Crippen LogP contribution is 2.29. The standard InChI is InChI=1S/C10H8ClNO3S/c11-7-3-4-8(9-2-1-5-15-9)10(6-7)16(12,13)14/h1-6H,(H2,12,13,14). The van der Waals surface area contributed by atoms with E-state index in [0.717, 1.165) is 0 Å². The number of primary sulfonamides is 1. The van der Waals surface area contributed by atoms with E-state index in [1.54, 1.807) is 24.3 Å². The fourth-order valence-electron chi connectivity index (χ4n) is 1.37. The minimum absolute atomic E-state index is 0.0463. The molecule has 84 valence electrons. The average molecular weight is 258 g/mol. The van der Waals surface area contributed by atoms with Crippen molar-refractivity contribution in [1.29, 1.82) is 0 Å². The Hall–Kier alpha value is -1.30. The van der Waals surface area contributed by atoms with Gasteiger partial charge in [-0.25, -0.2) is 13.6 Å². The number of rotatable bonds is 2. The zero-order valence-corrected chi connectivity index (χ0v) is 9.62. The molecule has 0 aliphatic carbocycles. The molecule has 0 aliphatic heterocycles. The minimum atomic E-state index is -3.83. The number of furan rings is 1. The van der Waals surface area contributed by atoms with Gasteiger partial charge < -0.3 is 4.42 Å². The van der Waals surface area contributed by atoms with Gasteiger partial charge in [-0.3, -0.25) is 0 Å². The molecule has 1 aromatic heterocycles. The van der Waals surface area contributed by atoms with Crippen LogP contribution in [0.25, 0.3) is 11.3 Å². The van der Waals surface area contributed by atoms with Crippen LogP contribution in [0, 0.1) is 0 Å². The topological polar surface area (TPSA) is 73.3 Å². The first-order valence-corrected chi connectivity index (χ1v) is 6.27. The van der Waals surface area contributed by atoms with Crippen molar-refractivity contribution < 1.29 is 12.8 Å². The van der Waals surface area contributed by atoms with Crippen LogP contribution in [-0.2, 0) is 10.0 Å². The molecule has 0 bridgehead atoms. The molecule has 0 fully saturated rings. The molecule has 4 nitrogen and oxygen atoms in total. The van der Waals surface area contributed by atoms with Crippen LogP contribution in [0.15, 0.2) is 45.9 Å². The predicted octanol–water partition coefficient (Wildman–Crippen LogP) is 2.25. The zero-order chi connectivity index (χ0) is 11.8. The van der Waals surface area contributed by atoms with E-state index in [1.807, 2.05) is 0 Å². The van der Waals surface area contributed by atoms with Crippen LogP contribution in [0.2, 0.25) is 5.02 Å². The SMILES string of the molecule is NS(=O)(=O)c1cc(Cl)ccc1-c1ccco1. The van der Waals surface area contributed by atoms with Crippen LogP contribution in [0.3, 0.4) is 0 Å². The van der Waals surface area contributed by atoms with Gasteiger partial charge in [0.1, 0.15) is 5.76 Å². The van der Waals surface area contributed by atoms with Gasteiger partial charge in [-0.05, 0) is 30.3 Å². The van der Waals surface area contributed by atoms with Gasteiger partial charge >= 0.3 is 0 Å². The highest BCUT2D eigenvalue weighted by molar-refractivity contribution is 7.89. The van der Waals surface area contributed by atoms with Crippen molar-refractivity contribution in [3.63, 3.8) is 0 Å². The third-order valence-corrected chi connectivity index (χ3v) is 3.22. The van der Waals surface area contributed by atoms with Crippen molar-refractivity contribution in [2.75, 3.05) is 0 Å². The van der Waals surface area contributed by atoms with Crippen LogP contribution in [0.1, 0.15) is 0 Å². The lowest BCUT2D eigenvalue weighted by Crippen LogP contribution is -2.13. The molecular formula is C10H8ClNO3S. The Morgan fingerprint density at radius 3 is 2.56 bits per heavy atom. The molecule has 0 saturated heterocycles. The van der Waals surface area contributed by atoms with Crippen molar-refractivity contribution >= 4 is 21.6 Å². The van der Waals surface area contributed by atoms with E-state index in [2.05, 4.69) is 0 Å². The maximum Gasteiger partial charge on any atom is 0.238 e. The maximum absolute atomic E-state index is 11.4. The van der Waals surface area contributed by atoms with Crippen LogP contribution in [-0.4, -0.2) is 8.42 Å². The Labute approximate surface area is 97.7 Å². The zero-order valence-electron chi connectivity index (χ0n) is 8.05. The Bertz CT molecular complexity index is 605. The number of sulfonamides is 1. The van der Waals surface area contributed by atoms with Gasteiger partial charge in [0.05, 0.1) is 11.2 Å². The van der Waals surface area contributed by atoms with Crippen LogP contribution in [0.4, 0.5) is 0 Å². The lowest BCUT2D eigenvalue weighted by Gasteiger charge is -2.05. The number of hydrogen-bond donors (Lipinski definition) is 1. The Morgan fingerprint density at radius 1 is 1.25 bits per heavy atom. The van der Waals surface area contributed by atoms with Crippen LogP contribution in [0.5, 0.6) is 0 Å². The molecule has 6 heteroatoms. The fraction of sp³-hybridized carbons (Fsp3) is 0. The Kier molecular flexibility index (Phi) is 2.75. The molecule has 0 aliphatic rings. The highest BCUT2D eigenvalue weighted by atomic mass is 35.5. The molecule has 0 atom stereocenters. The maximum atomic E-state index is 11.4. The lowest BCUT2D eigenvalue weighted by molar-refractivity contribution is 0.577. The van der Waals surface area contributed by atoms with Crippen molar-refractivity contribution in [3.8, 4) is 11.3 Å². The van der Waals surface area contributed by atoms with Crippen molar-refractivity contribution in [1.82, 2.24) is 0 Å². The first kappa shape index (κ1) is 11.2. The third-order valence-electron chi connectivity index (χ3n) is 2.04. The average Bonchev–Trinajstić information content (AvgIpc) is 2.69. The molecular weight excluding hydrogens is 250 g/mol. The monoisotopic (exact) mass is 257 g/mol. The van der Waals surface area contributed by atoms with Crippen LogP contribution >= 0.6 is 11.6 Å². The summed E-state index contributed by atoms with van der Waals surface area (Å²) in [4.78, 5) is -0.0463. The van der Waals surface area contributed by atoms with E-state index < -0.39 is 10.0 Å². The summed E-state index contributed by atoms with van der Waals surface area (Å²) >= 11 is 5.73. The molecule has 2 N–H and O–H groups in total. The van der Waals surface area contributed by atoms with E-state index in [9.17, 15) is 8.42 Å². The van der Waals surface area contributed by atoms with Crippen molar-refractivity contribution in [2.24, 2.45) is 5.14 Å². The second-order valence-corrected chi connectivity index (χ2v) is 5.13. The summed E-state index contributed by atoms with van der Waals surface area (Å²) in [5, 5.41) is 5.41. The molecule has 0 spiro atoms. The summed E-state index contributed by atoms with van der Waals surface area (Å²) < 4.78 is 27.9. The van der Waals surface area contributed by atoms with Gasteiger partial charge in [0.2, 0.25) is 10.0 Å². The van der Waals surface area contributed by atoms with Gasteiger partial charge in [0.15, 0.2) is 0 Å². The first-order valence-electron chi connectivity index (χ1n) is 4.35. The summed E-state index contributed by atoms with van der Waals surface area (Å²) in [6.07, 6.45) is 1.46. The molecule has 1 heterocycles. The van der Waals surface area contributed by atoms with Crippen LogP contribution < -0.4 is 5.14 Å². The van der Waals surface area contributed by atoms with Gasteiger partial charge in [-0.1, -0.05) is 11.6 Å².